The van der Waals surface area contributed by atoms with Gasteiger partial charge in [-0.05, 0) is 188 Å². The predicted molar refractivity (Wildman–Crippen MR) is 447 cm³/mol. The van der Waals surface area contributed by atoms with E-state index in [1.165, 1.54) is 21.9 Å². The summed E-state index contributed by atoms with van der Waals surface area (Å²) in [5.41, 5.74) is 31.3. The molecule has 6 aliphatic rings. The lowest BCUT2D eigenvalue weighted by Gasteiger charge is -2.48. The van der Waals surface area contributed by atoms with Crippen molar-refractivity contribution in [1.29, 1.82) is 0 Å². The molecule has 0 saturated heterocycles. The van der Waals surface area contributed by atoms with E-state index in [4.69, 9.17) is 9.47 Å². The van der Waals surface area contributed by atoms with Gasteiger partial charge >= 0.3 is 0 Å². The maximum atomic E-state index is 8.05. The minimum absolute atomic E-state index is 0.227. The summed E-state index contributed by atoms with van der Waals surface area (Å²) in [6.45, 7) is -0.861. The van der Waals surface area contributed by atoms with Crippen LogP contribution in [0, 0.1) is 0 Å². The quantitative estimate of drug-likeness (QED) is 0.119. The maximum absolute atomic E-state index is 8.05. The van der Waals surface area contributed by atoms with Gasteiger partial charge in [-0.3, -0.25) is 0 Å². The molecule has 8 nitrogen and oxygen atoms in total. The summed E-state index contributed by atoms with van der Waals surface area (Å²) in [5.74, 6) is 3.29. The molecule has 0 N–H and O–H groups in total. The van der Waals surface area contributed by atoms with Gasteiger partial charge in [0.15, 0.2) is 0 Å². The first-order valence-corrected chi connectivity index (χ1v) is 36.8. The molecule has 0 saturated carbocycles. The van der Waals surface area contributed by atoms with Gasteiger partial charge in [-0.1, -0.05) is 237 Å². The monoisotopic (exact) mass is 1360 g/mol. The van der Waals surface area contributed by atoms with Gasteiger partial charge in [-0.2, -0.15) is 0 Å². The van der Waals surface area contributed by atoms with Crippen LogP contribution in [0.1, 0.15) is 0 Å². The van der Waals surface area contributed by atoms with Gasteiger partial charge in [0.25, 0.3) is 20.1 Å². The Morgan fingerprint density at radius 2 is 0.589 bits per heavy atom. The molecule has 0 atom stereocenters. The number of fused-ring (bicyclic) bond motifs is 13. The summed E-state index contributed by atoms with van der Waals surface area (Å²) >= 11 is 0. The normalized spacial score (nSPS) is 13.3. The van der Waals surface area contributed by atoms with Gasteiger partial charge < -0.3 is 38.9 Å². The summed E-state index contributed by atoms with van der Waals surface area (Å²) < 4.78 is 15.9. The second kappa shape index (κ2) is 24.4. The van der Waals surface area contributed by atoms with Gasteiger partial charge in [-0.15, -0.1) is 0 Å². The SMILES string of the molecule is c1ccc(-c2ccccc2N2c3cc(N(c4ccccc4)c4ccccc4)cc4c3B(c3ccccc3N4c3ccccc3)c3c2cc2c4c3Oc3ccccc3B4c3cc4c(cc3N2c2ccccc2)Oc2cc(N(c3ccccc3)c3ccccc3)cc3c2B4c2ccccc2N3c2ccccc2)cc1. The Hall–Kier alpha value is -13.9. The van der Waals surface area contributed by atoms with Crippen LogP contribution in [0.5, 0.6) is 23.0 Å². The van der Waals surface area contributed by atoms with Crippen molar-refractivity contribution in [2.45, 2.75) is 0 Å². The topological polar surface area (TPSA) is 37.9 Å². The molecule has 107 heavy (non-hydrogen) atoms. The van der Waals surface area contributed by atoms with Gasteiger partial charge in [0, 0.05) is 103 Å². The number of para-hydroxylation sites is 11. The third-order valence-electron chi connectivity index (χ3n) is 22.4. The van der Waals surface area contributed by atoms with Crippen LogP contribution < -0.4 is 88.0 Å². The van der Waals surface area contributed by atoms with E-state index >= 15 is 0 Å². The minimum Gasteiger partial charge on any atom is -0.459 e. The summed E-state index contributed by atoms with van der Waals surface area (Å²) in [5, 5.41) is 0. The number of hydrogen-bond acceptors (Lipinski definition) is 8. The highest BCUT2D eigenvalue weighted by atomic mass is 16.5. The highest BCUT2D eigenvalue weighted by Crippen LogP contribution is 2.54. The molecule has 16 aromatic carbocycles. The molecule has 6 heterocycles. The van der Waals surface area contributed by atoms with Crippen LogP contribution in [-0.2, 0) is 0 Å². The molecule has 16 aromatic rings. The van der Waals surface area contributed by atoms with Gasteiger partial charge in [0.1, 0.15) is 23.0 Å². The van der Waals surface area contributed by atoms with E-state index in [2.05, 4.69) is 412 Å². The molecule has 0 aromatic heterocycles. The molecule has 498 valence electrons. The van der Waals surface area contributed by atoms with Crippen molar-refractivity contribution in [3.8, 4) is 34.1 Å². The molecular formula is C96H63B3N6O2. The van der Waals surface area contributed by atoms with E-state index in [0.717, 1.165) is 164 Å². The lowest BCUT2D eigenvalue weighted by atomic mass is 9.29. The molecule has 0 bridgehead atoms. The van der Waals surface area contributed by atoms with Crippen LogP contribution in [0.3, 0.4) is 0 Å². The van der Waals surface area contributed by atoms with Crippen molar-refractivity contribution >= 4 is 172 Å². The molecule has 0 unspecified atom stereocenters. The number of benzene rings is 16. The van der Waals surface area contributed by atoms with Crippen molar-refractivity contribution in [1.82, 2.24) is 0 Å². The molecule has 22 rings (SSSR count). The first-order chi connectivity index (χ1) is 53.1. The smallest absolute Gasteiger partial charge is 0.256 e. The Morgan fingerprint density at radius 3 is 1.13 bits per heavy atom. The van der Waals surface area contributed by atoms with Crippen LogP contribution >= 0.6 is 0 Å². The van der Waals surface area contributed by atoms with Crippen molar-refractivity contribution in [3.05, 3.63) is 382 Å². The standard InChI is InChI=1S/C96H63B3N6O2/c1-9-33-64(34-10-1)74-49-25-29-53-80(74)105-85-58-72(100(65-35-11-2-12-36-65)66-37-13-3-14-38-66)57-84-92(85)99(76-51-27-31-55-82(76)102(84)69-43-19-6-20-44-69)95-88(105)62-87-94-96(95)107-89-56-32-28-52-77(89)98(94)78-61-79-90(63-83(78)104(87)71-47-23-8-24-48-71)106-91-60-73(101(67-39-15-4-16-40-67)68-41-17-5-18-42-68)59-86-93(91)97(79)75-50-26-30-54-81(75)103(86)70-45-21-7-22-46-70/h1-63H. The lowest BCUT2D eigenvalue weighted by Crippen LogP contribution is -2.66. The van der Waals surface area contributed by atoms with Crippen LogP contribution in [0.2, 0.25) is 0 Å². The number of hydrogen-bond donors (Lipinski definition) is 0. The van der Waals surface area contributed by atoms with E-state index in [9.17, 15) is 0 Å². The Labute approximate surface area is 623 Å². The second-order valence-electron chi connectivity index (χ2n) is 28.2. The number of nitrogens with zero attached hydrogens (tertiary/aromatic N) is 6. The third kappa shape index (κ3) is 9.40. The van der Waals surface area contributed by atoms with E-state index in [0.29, 0.717) is 0 Å². The summed E-state index contributed by atoms with van der Waals surface area (Å²) in [7, 11) is 0. The Morgan fingerprint density at radius 1 is 0.206 bits per heavy atom. The Bertz CT molecular complexity index is 6130. The number of anilines is 18. The van der Waals surface area contributed by atoms with E-state index < -0.39 is 0 Å². The molecule has 11 heteroatoms. The minimum atomic E-state index is -0.331. The predicted octanol–water partition coefficient (Wildman–Crippen LogP) is 19.2. The second-order valence-corrected chi connectivity index (χ2v) is 28.2. The highest BCUT2D eigenvalue weighted by molar-refractivity contribution is 7.04. The van der Waals surface area contributed by atoms with E-state index in [1.54, 1.807) is 0 Å². The van der Waals surface area contributed by atoms with E-state index in [1.807, 2.05) is 0 Å². The van der Waals surface area contributed by atoms with Crippen LogP contribution in [0.25, 0.3) is 11.1 Å². The number of ether oxygens (including phenoxy) is 2. The van der Waals surface area contributed by atoms with Crippen LogP contribution in [0.4, 0.5) is 102 Å². The average Bonchev–Trinajstić information content (AvgIpc) is 0.663. The average molecular weight is 1370 g/mol. The Balaban J connectivity index is 0.841. The van der Waals surface area contributed by atoms with Crippen LogP contribution in [0.15, 0.2) is 382 Å². The zero-order valence-corrected chi connectivity index (χ0v) is 58.1. The van der Waals surface area contributed by atoms with Crippen molar-refractivity contribution in [2.75, 3.05) is 29.4 Å². The fraction of sp³-hybridized carbons (Fsp3) is 0. The lowest BCUT2D eigenvalue weighted by molar-refractivity contribution is 0.488. The number of rotatable bonds is 11. The fourth-order valence-electron chi connectivity index (χ4n) is 18.1. The fourth-order valence-corrected chi connectivity index (χ4v) is 18.1. The summed E-state index contributed by atoms with van der Waals surface area (Å²) in [6.07, 6.45) is 0. The van der Waals surface area contributed by atoms with E-state index in [-0.39, 0.29) is 20.1 Å². The van der Waals surface area contributed by atoms with Crippen LogP contribution in [-0.4, -0.2) is 20.1 Å². The third-order valence-corrected chi connectivity index (χ3v) is 22.4. The zero-order chi connectivity index (χ0) is 70.2. The van der Waals surface area contributed by atoms with Gasteiger partial charge in [-0.25, -0.2) is 0 Å². The molecule has 0 aliphatic carbocycles. The zero-order valence-electron chi connectivity index (χ0n) is 58.1. The Kier molecular flexibility index (Phi) is 13.8. The maximum Gasteiger partial charge on any atom is 0.256 e. The summed E-state index contributed by atoms with van der Waals surface area (Å²) in [4.78, 5) is 14.8. The molecular weight excluding hydrogens is 1300 g/mol. The molecule has 0 fully saturated rings. The van der Waals surface area contributed by atoms with Crippen molar-refractivity contribution < 1.29 is 9.47 Å². The molecule has 0 spiro atoms. The largest absolute Gasteiger partial charge is 0.459 e. The molecule has 6 aliphatic heterocycles. The van der Waals surface area contributed by atoms with Crippen molar-refractivity contribution in [3.63, 3.8) is 0 Å². The van der Waals surface area contributed by atoms with Gasteiger partial charge in [0.2, 0.25) is 0 Å². The van der Waals surface area contributed by atoms with Gasteiger partial charge in [0.05, 0.1) is 17.1 Å². The molecule has 0 radical (unpaired) electrons. The summed E-state index contributed by atoms with van der Waals surface area (Å²) in [6, 6.07) is 140. The highest BCUT2D eigenvalue weighted by Gasteiger charge is 2.53. The first kappa shape index (κ1) is 60.7. The molecule has 0 amide bonds. The first-order valence-electron chi connectivity index (χ1n) is 36.8. The van der Waals surface area contributed by atoms with Crippen molar-refractivity contribution in [2.24, 2.45) is 0 Å².